The fourth-order valence-electron chi connectivity index (χ4n) is 2.21. The van der Waals surface area contributed by atoms with Crippen LogP contribution in [-0.2, 0) is 0 Å². The summed E-state index contributed by atoms with van der Waals surface area (Å²) in [6.45, 7) is 2.31. The number of nitrogens with zero attached hydrogens (tertiary/aromatic N) is 3. The van der Waals surface area contributed by atoms with Crippen molar-refractivity contribution >= 4 is 16.6 Å². The van der Waals surface area contributed by atoms with Gasteiger partial charge in [0.25, 0.3) is 0 Å². The monoisotopic (exact) mass is 199 g/mol. The lowest BCUT2D eigenvalue weighted by Gasteiger charge is -2.18. The largest absolute Gasteiger partial charge is 0.370 e. The molecular formula is C12H13N3. The Morgan fingerprint density at radius 3 is 2.87 bits per heavy atom. The first-order valence-electron chi connectivity index (χ1n) is 5.39. The van der Waals surface area contributed by atoms with Crippen LogP contribution in [0, 0.1) is 0 Å². The fourth-order valence-corrected chi connectivity index (χ4v) is 2.21. The predicted octanol–water partition coefficient (Wildman–Crippen LogP) is 2.23. The third-order valence-electron chi connectivity index (χ3n) is 2.96. The van der Waals surface area contributed by atoms with E-state index < -0.39 is 0 Å². The lowest BCUT2D eigenvalue weighted by atomic mass is 10.2. The minimum Gasteiger partial charge on any atom is -0.370 e. The van der Waals surface area contributed by atoms with Gasteiger partial charge in [0.15, 0.2) is 0 Å². The van der Waals surface area contributed by atoms with Gasteiger partial charge < -0.3 is 4.90 Å². The summed E-state index contributed by atoms with van der Waals surface area (Å²) in [5, 5.41) is 1.13. The van der Waals surface area contributed by atoms with Crippen molar-refractivity contribution in [3.63, 3.8) is 0 Å². The summed E-state index contributed by atoms with van der Waals surface area (Å²) >= 11 is 0. The van der Waals surface area contributed by atoms with Gasteiger partial charge in [-0.1, -0.05) is 12.1 Å². The minimum absolute atomic E-state index is 1.08. The first-order chi connectivity index (χ1) is 7.45. The highest BCUT2D eigenvalue weighted by Gasteiger charge is 2.14. The molecule has 0 spiro atoms. The second-order valence-corrected chi connectivity index (χ2v) is 3.93. The van der Waals surface area contributed by atoms with Crippen molar-refractivity contribution < 1.29 is 0 Å². The molecule has 0 saturated carbocycles. The first kappa shape index (κ1) is 8.65. The van der Waals surface area contributed by atoms with E-state index >= 15 is 0 Å². The van der Waals surface area contributed by atoms with E-state index in [9.17, 15) is 0 Å². The van der Waals surface area contributed by atoms with E-state index in [0.717, 1.165) is 24.0 Å². The second kappa shape index (κ2) is 3.50. The summed E-state index contributed by atoms with van der Waals surface area (Å²) < 4.78 is 0. The Balaban J connectivity index is 2.16. The SMILES string of the molecule is c1cc(N2CCCC2)c2ncncc2c1. The van der Waals surface area contributed by atoms with Gasteiger partial charge in [0.1, 0.15) is 6.33 Å². The highest BCUT2D eigenvalue weighted by atomic mass is 15.1. The van der Waals surface area contributed by atoms with Crippen LogP contribution < -0.4 is 4.90 Å². The Morgan fingerprint density at radius 2 is 2.00 bits per heavy atom. The molecule has 1 aliphatic rings. The summed E-state index contributed by atoms with van der Waals surface area (Å²) in [6, 6.07) is 6.30. The van der Waals surface area contributed by atoms with Crippen molar-refractivity contribution in [1.29, 1.82) is 0 Å². The molecule has 1 aliphatic heterocycles. The molecule has 1 aromatic heterocycles. The maximum Gasteiger partial charge on any atom is 0.116 e. The molecule has 2 heterocycles. The maximum absolute atomic E-state index is 4.37. The van der Waals surface area contributed by atoms with Gasteiger partial charge in [0.05, 0.1) is 11.2 Å². The molecule has 3 nitrogen and oxygen atoms in total. The number of para-hydroxylation sites is 1. The number of rotatable bonds is 1. The van der Waals surface area contributed by atoms with Gasteiger partial charge in [-0.2, -0.15) is 0 Å². The molecule has 0 radical (unpaired) electrons. The van der Waals surface area contributed by atoms with E-state index in [0.29, 0.717) is 0 Å². The zero-order chi connectivity index (χ0) is 10.1. The van der Waals surface area contributed by atoms with Gasteiger partial charge in [-0.15, -0.1) is 0 Å². The van der Waals surface area contributed by atoms with Crippen molar-refractivity contribution in [1.82, 2.24) is 9.97 Å². The van der Waals surface area contributed by atoms with Crippen LogP contribution in [0.5, 0.6) is 0 Å². The van der Waals surface area contributed by atoms with E-state index in [2.05, 4.69) is 33.1 Å². The van der Waals surface area contributed by atoms with Gasteiger partial charge in [-0.3, -0.25) is 0 Å². The number of hydrogen-bond acceptors (Lipinski definition) is 3. The molecule has 0 amide bonds. The normalized spacial score (nSPS) is 16.1. The molecule has 0 N–H and O–H groups in total. The number of hydrogen-bond donors (Lipinski definition) is 0. The Bertz CT molecular complexity index is 470. The molecule has 1 saturated heterocycles. The minimum atomic E-state index is 1.08. The third kappa shape index (κ3) is 1.44. The number of anilines is 1. The van der Waals surface area contributed by atoms with E-state index in [1.807, 2.05) is 6.20 Å². The van der Waals surface area contributed by atoms with Crippen molar-refractivity contribution in [2.75, 3.05) is 18.0 Å². The van der Waals surface area contributed by atoms with Gasteiger partial charge in [0, 0.05) is 24.7 Å². The van der Waals surface area contributed by atoms with Crippen molar-refractivity contribution in [2.24, 2.45) is 0 Å². The van der Waals surface area contributed by atoms with Crippen LogP contribution >= 0.6 is 0 Å². The van der Waals surface area contributed by atoms with Crippen molar-refractivity contribution in [3.8, 4) is 0 Å². The summed E-state index contributed by atoms with van der Waals surface area (Å²) in [4.78, 5) is 10.8. The summed E-state index contributed by atoms with van der Waals surface area (Å²) in [6.07, 6.45) is 6.09. The van der Waals surface area contributed by atoms with Gasteiger partial charge in [-0.25, -0.2) is 9.97 Å². The molecule has 1 fully saturated rings. The molecule has 1 aromatic carbocycles. The van der Waals surface area contributed by atoms with Crippen LogP contribution in [-0.4, -0.2) is 23.1 Å². The summed E-state index contributed by atoms with van der Waals surface area (Å²) in [5.74, 6) is 0. The molecule has 0 bridgehead atoms. The molecule has 2 aromatic rings. The topological polar surface area (TPSA) is 29.0 Å². The average molecular weight is 199 g/mol. The molecule has 0 unspecified atom stereocenters. The van der Waals surface area contributed by atoms with E-state index in [1.54, 1.807) is 6.33 Å². The highest BCUT2D eigenvalue weighted by Crippen LogP contribution is 2.26. The Hall–Kier alpha value is -1.64. The zero-order valence-corrected chi connectivity index (χ0v) is 8.56. The molecule has 3 heteroatoms. The summed E-state index contributed by atoms with van der Waals surface area (Å²) in [7, 11) is 0. The van der Waals surface area contributed by atoms with E-state index in [4.69, 9.17) is 0 Å². The second-order valence-electron chi connectivity index (χ2n) is 3.93. The summed E-state index contributed by atoms with van der Waals surface area (Å²) in [5.41, 5.74) is 2.34. The number of fused-ring (bicyclic) bond motifs is 1. The van der Waals surface area contributed by atoms with Crippen LogP contribution in [0.4, 0.5) is 5.69 Å². The van der Waals surface area contributed by atoms with Crippen LogP contribution in [0.1, 0.15) is 12.8 Å². The maximum atomic E-state index is 4.37. The lowest BCUT2D eigenvalue weighted by molar-refractivity contribution is 0.949. The van der Waals surface area contributed by atoms with E-state index in [-0.39, 0.29) is 0 Å². The van der Waals surface area contributed by atoms with Crippen LogP contribution in [0.15, 0.2) is 30.7 Å². The Labute approximate surface area is 88.8 Å². The van der Waals surface area contributed by atoms with Gasteiger partial charge in [0.2, 0.25) is 0 Å². The fraction of sp³-hybridized carbons (Fsp3) is 0.333. The molecular weight excluding hydrogens is 186 g/mol. The Kier molecular flexibility index (Phi) is 2.02. The third-order valence-corrected chi connectivity index (χ3v) is 2.96. The highest BCUT2D eigenvalue weighted by molar-refractivity contribution is 5.90. The first-order valence-corrected chi connectivity index (χ1v) is 5.39. The standard InChI is InChI=1S/C12H13N3/c1-2-7-15(6-1)11-5-3-4-10-8-13-9-14-12(10)11/h3-5,8-9H,1-2,6-7H2. The number of benzene rings is 1. The van der Waals surface area contributed by atoms with Gasteiger partial charge >= 0.3 is 0 Å². The lowest BCUT2D eigenvalue weighted by Crippen LogP contribution is -2.18. The quantitative estimate of drug-likeness (QED) is 0.705. The molecule has 3 rings (SSSR count). The van der Waals surface area contributed by atoms with Crippen molar-refractivity contribution in [3.05, 3.63) is 30.7 Å². The molecule has 0 atom stereocenters. The van der Waals surface area contributed by atoms with Crippen molar-refractivity contribution in [2.45, 2.75) is 12.8 Å². The van der Waals surface area contributed by atoms with Gasteiger partial charge in [-0.05, 0) is 18.9 Å². The predicted molar refractivity (Wildman–Crippen MR) is 61.0 cm³/mol. The molecule has 76 valence electrons. The van der Waals surface area contributed by atoms with Crippen LogP contribution in [0.2, 0.25) is 0 Å². The van der Waals surface area contributed by atoms with Crippen LogP contribution in [0.3, 0.4) is 0 Å². The Morgan fingerprint density at radius 1 is 1.13 bits per heavy atom. The molecule has 15 heavy (non-hydrogen) atoms. The average Bonchev–Trinajstić information content (AvgIpc) is 2.82. The zero-order valence-electron chi connectivity index (χ0n) is 8.56. The van der Waals surface area contributed by atoms with E-state index in [1.165, 1.54) is 18.5 Å². The van der Waals surface area contributed by atoms with Crippen LogP contribution in [0.25, 0.3) is 10.9 Å². The number of aromatic nitrogens is 2. The molecule has 0 aliphatic carbocycles. The smallest absolute Gasteiger partial charge is 0.116 e.